The number of halogens is 1. The molecule has 1 N–H and O–H groups in total. The smallest absolute Gasteiger partial charge is 0.164 e. The second-order valence-corrected chi connectivity index (χ2v) is 6.29. The number of nitrogens with one attached hydrogen (secondary N) is 1. The van der Waals surface area contributed by atoms with E-state index in [-0.39, 0.29) is 0 Å². The maximum atomic E-state index is 5.97. The first-order valence-corrected chi connectivity index (χ1v) is 8.09. The van der Waals surface area contributed by atoms with Crippen LogP contribution in [-0.2, 0) is 6.54 Å². The molecule has 0 aliphatic carbocycles. The molecule has 0 atom stereocenters. The van der Waals surface area contributed by atoms with Gasteiger partial charge in [-0.2, -0.15) is 5.10 Å². The van der Waals surface area contributed by atoms with Crippen LogP contribution >= 0.6 is 11.6 Å². The van der Waals surface area contributed by atoms with Gasteiger partial charge in [0.15, 0.2) is 5.82 Å². The van der Waals surface area contributed by atoms with E-state index in [4.69, 9.17) is 11.6 Å². The van der Waals surface area contributed by atoms with Crippen molar-refractivity contribution in [1.82, 2.24) is 25.0 Å². The minimum Gasteiger partial charge on any atom is -0.307 e. The normalized spacial score (nSPS) is 11.3. The van der Waals surface area contributed by atoms with Crippen molar-refractivity contribution in [1.29, 1.82) is 0 Å². The van der Waals surface area contributed by atoms with Gasteiger partial charge >= 0.3 is 0 Å². The number of benzene rings is 2. The maximum Gasteiger partial charge on any atom is 0.164 e. The molecule has 0 radical (unpaired) electrons. The zero-order valence-electron chi connectivity index (χ0n) is 13.4. The summed E-state index contributed by atoms with van der Waals surface area (Å²) in [4.78, 5) is 0. The van der Waals surface area contributed by atoms with Gasteiger partial charge in [-0.05, 0) is 49.7 Å². The number of aromatic amines is 1. The molecule has 0 saturated carbocycles. The highest BCUT2D eigenvalue weighted by molar-refractivity contribution is 6.30. The minimum atomic E-state index is 0.702. The maximum absolute atomic E-state index is 5.97. The molecule has 0 aliphatic heterocycles. The van der Waals surface area contributed by atoms with Gasteiger partial charge in [-0.25, -0.2) is 0 Å². The average molecular weight is 338 g/mol. The molecule has 0 bridgehead atoms. The number of nitrogens with zero attached hydrogens (tertiary/aromatic N) is 4. The summed E-state index contributed by atoms with van der Waals surface area (Å²) in [5.74, 6) is 1.73. The topological polar surface area (TPSA) is 59.4 Å². The Balaban J connectivity index is 1.77. The van der Waals surface area contributed by atoms with Crippen molar-refractivity contribution < 1.29 is 0 Å². The molecular weight excluding hydrogens is 322 g/mol. The second-order valence-electron chi connectivity index (χ2n) is 5.85. The Kier molecular flexibility index (Phi) is 3.58. The van der Waals surface area contributed by atoms with Crippen LogP contribution in [0, 0.1) is 13.8 Å². The van der Waals surface area contributed by atoms with Crippen molar-refractivity contribution in [2.24, 2.45) is 0 Å². The zero-order valence-corrected chi connectivity index (χ0v) is 14.2. The summed E-state index contributed by atoms with van der Waals surface area (Å²) in [6.07, 6.45) is 0. The molecule has 0 saturated heterocycles. The van der Waals surface area contributed by atoms with Gasteiger partial charge < -0.3 is 4.57 Å². The summed E-state index contributed by atoms with van der Waals surface area (Å²) in [6, 6.07) is 14.0. The average Bonchev–Trinajstić information content (AvgIpc) is 3.13. The van der Waals surface area contributed by atoms with Crippen LogP contribution in [0.15, 0.2) is 42.5 Å². The number of aromatic nitrogens is 5. The first kappa shape index (κ1) is 14.9. The van der Waals surface area contributed by atoms with Crippen LogP contribution < -0.4 is 0 Å². The molecule has 0 aliphatic rings. The highest BCUT2D eigenvalue weighted by Gasteiger charge is 2.13. The van der Waals surface area contributed by atoms with E-state index in [1.165, 1.54) is 0 Å². The lowest BCUT2D eigenvalue weighted by molar-refractivity contribution is 0.768. The summed E-state index contributed by atoms with van der Waals surface area (Å²) in [7, 11) is 0. The zero-order chi connectivity index (χ0) is 16.7. The van der Waals surface area contributed by atoms with E-state index in [9.17, 15) is 0 Å². The molecule has 2 aromatic heterocycles. The fourth-order valence-corrected chi connectivity index (χ4v) is 2.97. The Hall–Kier alpha value is -2.66. The van der Waals surface area contributed by atoms with Crippen molar-refractivity contribution in [3.8, 4) is 11.4 Å². The summed E-state index contributed by atoms with van der Waals surface area (Å²) in [6.45, 7) is 4.66. The van der Waals surface area contributed by atoms with Crippen molar-refractivity contribution in [2.45, 2.75) is 20.4 Å². The number of H-pyrrole nitrogens is 1. The highest BCUT2D eigenvalue weighted by Crippen LogP contribution is 2.25. The standard InChI is InChI=1S/C18H16ClN5/c1-11-16-9-14(5-8-17(16)22-20-11)18-23-21-12(2)24(18)10-13-3-6-15(19)7-4-13/h3-9H,10H2,1-2H3,(H,20,22). The Labute approximate surface area is 144 Å². The van der Waals surface area contributed by atoms with E-state index >= 15 is 0 Å². The predicted octanol–water partition coefficient (Wildman–Crippen LogP) is 4.14. The van der Waals surface area contributed by atoms with Gasteiger partial charge in [0.2, 0.25) is 0 Å². The van der Waals surface area contributed by atoms with Crippen molar-refractivity contribution in [3.63, 3.8) is 0 Å². The van der Waals surface area contributed by atoms with E-state index in [1.54, 1.807) is 0 Å². The van der Waals surface area contributed by atoms with E-state index in [0.717, 1.165) is 44.4 Å². The number of hydrogen-bond acceptors (Lipinski definition) is 3. The minimum absolute atomic E-state index is 0.702. The number of hydrogen-bond donors (Lipinski definition) is 1. The van der Waals surface area contributed by atoms with E-state index < -0.39 is 0 Å². The molecule has 0 unspecified atom stereocenters. The van der Waals surface area contributed by atoms with Gasteiger partial charge in [0.1, 0.15) is 5.82 Å². The number of fused-ring (bicyclic) bond motifs is 1. The third-order valence-electron chi connectivity index (χ3n) is 4.20. The van der Waals surface area contributed by atoms with Crippen LogP contribution in [0.4, 0.5) is 0 Å². The van der Waals surface area contributed by atoms with Crippen LogP contribution in [0.5, 0.6) is 0 Å². The van der Waals surface area contributed by atoms with Crippen LogP contribution in [0.3, 0.4) is 0 Å². The van der Waals surface area contributed by atoms with Gasteiger partial charge in [-0.1, -0.05) is 23.7 Å². The van der Waals surface area contributed by atoms with Gasteiger partial charge in [-0.15, -0.1) is 10.2 Å². The largest absolute Gasteiger partial charge is 0.307 e. The summed E-state index contributed by atoms with van der Waals surface area (Å²) >= 11 is 5.97. The lowest BCUT2D eigenvalue weighted by Gasteiger charge is -2.09. The molecule has 120 valence electrons. The Morgan fingerprint density at radius 1 is 1.04 bits per heavy atom. The lowest BCUT2D eigenvalue weighted by Crippen LogP contribution is -2.04. The Morgan fingerprint density at radius 3 is 2.62 bits per heavy atom. The number of aryl methyl sites for hydroxylation is 2. The van der Waals surface area contributed by atoms with Crippen LogP contribution in [0.1, 0.15) is 17.1 Å². The van der Waals surface area contributed by atoms with Crippen molar-refractivity contribution in [2.75, 3.05) is 0 Å². The van der Waals surface area contributed by atoms with Crippen molar-refractivity contribution >= 4 is 22.5 Å². The molecule has 4 aromatic rings. The Bertz CT molecular complexity index is 1010. The van der Waals surface area contributed by atoms with Gasteiger partial charge in [-0.3, -0.25) is 5.10 Å². The summed E-state index contributed by atoms with van der Waals surface area (Å²) in [5.41, 5.74) is 4.19. The van der Waals surface area contributed by atoms with Crippen LogP contribution in [0.2, 0.25) is 5.02 Å². The molecule has 6 heteroatoms. The molecule has 0 amide bonds. The van der Waals surface area contributed by atoms with E-state index in [1.807, 2.05) is 50.2 Å². The molecule has 0 fully saturated rings. The Morgan fingerprint density at radius 2 is 1.83 bits per heavy atom. The number of rotatable bonds is 3. The summed E-state index contributed by atoms with van der Waals surface area (Å²) < 4.78 is 2.11. The molecule has 24 heavy (non-hydrogen) atoms. The van der Waals surface area contributed by atoms with Gasteiger partial charge in [0.05, 0.1) is 17.8 Å². The summed E-state index contributed by atoms with van der Waals surface area (Å²) in [5, 5.41) is 17.8. The van der Waals surface area contributed by atoms with Gasteiger partial charge in [0.25, 0.3) is 0 Å². The predicted molar refractivity (Wildman–Crippen MR) is 95.1 cm³/mol. The molecule has 2 heterocycles. The molecule has 5 nitrogen and oxygen atoms in total. The second kappa shape index (κ2) is 5.76. The van der Waals surface area contributed by atoms with E-state index in [0.29, 0.717) is 6.54 Å². The lowest BCUT2D eigenvalue weighted by atomic mass is 10.1. The first-order chi connectivity index (χ1) is 11.6. The fourth-order valence-electron chi connectivity index (χ4n) is 2.84. The quantitative estimate of drug-likeness (QED) is 0.611. The molecular formula is C18H16ClN5. The molecule has 4 rings (SSSR count). The van der Waals surface area contributed by atoms with Crippen molar-refractivity contribution in [3.05, 3.63) is 64.6 Å². The van der Waals surface area contributed by atoms with E-state index in [2.05, 4.69) is 31.0 Å². The van der Waals surface area contributed by atoms with Gasteiger partial charge in [0, 0.05) is 16.0 Å². The molecule has 0 spiro atoms. The first-order valence-electron chi connectivity index (χ1n) is 7.71. The monoisotopic (exact) mass is 337 g/mol. The third-order valence-corrected chi connectivity index (χ3v) is 4.45. The van der Waals surface area contributed by atoms with Crippen LogP contribution in [-0.4, -0.2) is 25.0 Å². The fraction of sp³-hybridized carbons (Fsp3) is 0.167. The van der Waals surface area contributed by atoms with Crippen LogP contribution in [0.25, 0.3) is 22.3 Å². The SMILES string of the molecule is Cc1n[nH]c2ccc(-c3nnc(C)n3Cc3ccc(Cl)cc3)cc12. The third kappa shape index (κ3) is 2.57. The molecule has 2 aromatic carbocycles. The highest BCUT2D eigenvalue weighted by atomic mass is 35.5.